The highest BCUT2D eigenvalue weighted by Crippen LogP contribution is 2.48. The second-order valence-electron chi connectivity index (χ2n) is 6.02. The summed E-state index contributed by atoms with van der Waals surface area (Å²) in [6.07, 6.45) is 0.539. The number of amides is 3. The molecule has 25 heavy (non-hydrogen) atoms. The van der Waals surface area contributed by atoms with Crippen molar-refractivity contribution >= 4 is 17.6 Å². The van der Waals surface area contributed by atoms with Crippen LogP contribution in [0.25, 0.3) is 0 Å². The summed E-state index contributed by atoms with van der Waals surface area (Å²) in [5.74, 6) is -1.96. The van der Waals surface area contributed by atoms with Crippen molar-refractivity contribution in [1.29, 1.82) is 0 Å². The van der Waals surface area contributed by atoms with E-state index in [0.717, 1.165) is 11.6 Å². The zero-order valence-electron chi connectivity index (χ0n) is 13.3. The average Bonchev–Trinajstić information content (AvgIpc) is 3.33. The predicted molar refractivity (Wildman–Crippen MR) is 88.7 cm³/mol. The molecule has 0 unspecified atom stereocenters. The molecule has 1 aliphatic rings. The molecule has 0 spiro atoms. The summed E-state index contributed by atoms with van der Waals surface area (Å²) in [4.78, 5) is 23.1. The first kappa shape index (κ1) is 16.9. The van der Waals surface area contributed by atoms with Crippen LogP contribution in [-0.2, 0) is 11.3 Å². The first-order valence-electron chi connectivity index (χ1n) is 7.82. The van der Waals surface area contributed by atoms with Gasteiger partial charge in [0, 0.05) is 24.2 Å². The molecule has 1 fully saturated rings. The van der Waals surface area contributed by atoms with Crippen molar-refractivity contribution in [2.75, 3.05) is 5.32 Å². The van der Waals surface area contributed by atoms with E-state index in [2.05, 4.69) is 10.6 Å². The zero-order chi connectivity index (χ0) is 18.0. The largest absolute Gasteiger partial charge is 0.352 e. The van der Waals surface area contributed by atoms with Gasteiger partial charge in [-0.05, 0) is 41.7 Å². The molecule has 4 N–H and O–H groups in total. The number of halogens is 2. The minimum Gasteiger partial charge on any atom is -0.352 e. The summed E-state index contributed by atoms with van der Waals surface area (Å²) < 4.78 is 26.7. The summed E-state index contributed by atoms with van der Waals surface area (Å²) in [5.41, 5.74) is 6.77. The van der Waals surface area contributed by atoms with Gasteiger partial charge in [0.05, 0.1) is 0 Å². The Kier molecular flexibility index (Phi) is 4.65. The molecule has 1 aliphatic carbocycles. The van der Waals surface area contributed by atoms with E-state index >= 15 is 0 Å². The minimum atomic E-state index is -0.664. The van der Waals surface area contributed by atoms with Crippen molar-refractivity contribution < 1.29 is 18.4 Å². The van der Waals surface area contributed by atoms with Crippen LogP contribution in [0.15, 0.2) is 42.5 Å². The molecule has 3 amide bonds. The van der Waals surface area contributed by atoms with E-state index in [1.54, 1.807) is 24.3 Å². The van der Waals surface area contributed by atoms with Crippen molar-refractivity contribution in [1.82, 2.24) is 5.32 Å². The van der Waals surface area contributed by atoms with Crippen molar-refractivity contribution in [2.24, 2.45) is 11.7 Å². The topological polar surface area (TPSA) is 84.2 Å². The fourth-order valence-corrected chi connectivity index (χ4v) is 2.85. The van der Waals surface area contributed by atoms with Crippen LogP contribution in [0.2, 0.25) is 0 Å². The second-order valence-corrected chi connectivity index (χ2v) is 6.02. The number of nitrogens with two attached hydrogens (primary N) is 1. The van der Waals surface area contributed by atoms with Crippen molar-refractivity contribution in [3.63, 3.8) is 0 Å². The number of nitrogens with one attached hydrogen (secondary N) is 2. The standard InChI is InChI=1S/C18H17F2N3O2/c19-11-4-5-13(16(20)7-11)14-8-15(14)17(24)22-9-10-2-1-3-12(6-10)23-18(21)25/h1-7,14-15H,8-9H2,(H,22,24)(H3,21,23,25)/t14-,15+/m0/s1. The first-order valence-corrected chi connectivity index (χ1v) is 7.82. The van der Waals surface area contributed by atoms with E-state index in [-0.39, 0.29) is 24.3 Å². The summed E-state index contributed by atoms with van der Waals surface area (Å²) in [5, 5.41) is 5.25. The molecule has 0 saturated heterocycles. The van der Waals surface area contributed by atoms with Gasteiger partial charge in [-0.15, -0.1) is 0 Å². The smallest absolute Gasteiger partial charge is 0.316 e. The Morgan fingerprint density at radius 1 is 1.16 bits per heavy atom. The summed E-state index contributed by atoms with van der Waals surface area (Å²) >= 11 is 0. The lowest BCUT2D eigenvalue weighted by Gasteiger charge is -2.08. The molecule has 0 heterocycles. The molecule has 0 radical (unpaired) electrons. The van der Waals surface area contributed by atoms with Crippen LogP contribution in [0.1, 0.15) is 23.5 Å². The lowest BCUT2D eigenvalue weighted by Crippen LogP contribution is -2.25. The molecular formula is C18H17F2N3O2. The molecule has 2 aromatic carbocycles. The maximum absolute atomic E-state index is 13.8. The number of rotatable bonds is 5. The Hall–Kier alpha value is -2.96. The van der Waals surface area contributed by atoms with E-state index in [1.807, 2.05) is 0 Å². The predicted octanol–water partition coefficient (Wildman–Crippen LogP) is 2.88. The number of hydrogen-bond acceptors (Lipinski definition) is 2. The number of carbonyl (C=O) groups is 2. The Morgan fingerprint density at radius 2 is 1.96 bits per heavy atom. The maximum Gasteiger partial charge on any atom is 0.316 e. The molecule has 130 valence electrons. The Morgan fingerprint density at radius 3 is 2.68 bits per heavy atom. The lowest BCUT2D eigenvalue weighted by atomic mass is 10.1. The summed E-state index contributed by atoms with van der Waals surface area (Å²) in [6, 6.07) is 9.68. The highest BCUT2D eigenvalue weighted by atomic mass is 19.1. The lowest BCUT2D eigenvalue weighted by molar-refractivity contribution is -0.122. The normalized spacial score (nSPS) is 18.5. The Labute approximate surface area is 143 Å². The molecule has 5 nitrogen and oxygen atoms in total. The number of primary amides is 1. The van der Waals surface area contributed by atoms with Gasteiger partial charge in [0.2, 0.25) is 5.91 Å². The van der Waals surface area contributed by atoms with Gasteiger partial charge in [0.15, 0.2) is 0 Å². The number of benzene rings is 2. The van der Waals surface area contributed by atoms with Gasteiger partial charge >= 0.3 is 6.03 Å². The molecule has 2 aromatic rings. The monoisotopic (exact) mass is 345 g/mol. The van der Waals surface area contributed by atoms with Crippen LogP contribution < -0.4 is 16.4 Å². The number of hydrogen-bond donors (Lipinski definition) is 3. The van der Waals surface area contributed by atoms with E-state index in [4.69, 9.17) is 5.73 Å². The third-order valence-electron chi connectivity index (χ3n) is 4.15. The average molecular weight is 345 g/mol. The molecule has 1 saturated carbocycles. The van der Waals surface area contributed by atoms with Crippen LogP contribution in [0.3, 0.4) is 0 Å². The third-order valence-corrected chi connectivity index (χ3v) is 4.15. The number of carbonyl (C=O) groups excluding carboxylic acids is 2. The van der Waals surface area contributed by atoms with Gasteiger partial charge in [0.1, 0.15) is 11.6 Å². The fraction of sp³-hybridized carbons (Fsp3) is 0.222. The zero-order valence-corrected chi connectivity index (χ0v) is 13.3. The van der Waals surface area contributed by atoms with Gasteiger partial charge in [-0.2, -0.15) is 0 Å². The van der Waals surface area contributed by atoms with Gasteiger partial charge in [-0.1, -0.05) is 18.2 Å². The van der Waals surface area contributed by atoms with Gasteiger partial charge in [-0.3, -0.25) is 4.79 Å². The van der Waals surface area contributed by atoms with Gasteiger partial charge in [-0.25, -0.2) is 13.6 Å². The van der Waals surface area contributed by atoms with E-state index in [1.165, 1.54) is 12.1 Å². The van der Waals surface area contributed by atoms with Crippen LogP contribution in [-0.4, -0.2) is 11.9 Å². The quantitative estimate of drug-likeness (QED) is 0.778. The molecule has 0 bridgehead atoms. The summed E-state index contributed by atoms with van der Waals surface area (Å²) in [6.45, 7) is 0.280. The van der Waals surface area contributed by atoms with Crippen LogP contribution >= 0.6 is 0 Å². The molecule has 0 aromatic heterocycles. The SMILES string of the molecule is NC(=O)Nc1cccc(CNC(=O)[C@@H]2C[C@H]2c2ccc(F)cc2F)c1. The van der Waals surface area contributed by atoms with Crippen molar-refractivity contribution in [2.45, 2.75) is 18.9 Å². The first-order chi connectivity index (χ1) is 11.9. The number of urea groups is 1. The third kappa shape index (κ3) is 4.12. The molecular weight excluding hydrogens is 328 g/mol. The van der Waals surface area contributed by atoms with Gasteiger partial charge in [0.25, 0.3) is 0 Å². The van der Waals surface area contributed by atoms with E-state index in [0.29, 0.717) is 17.7 Å². The molecule has 2 atom stereocenters. The Bertz CT molecular complexity index is 826. The molecule has 0 aliphatic heterocycles. The van der Waals surface area contributed by atoms with Crippen LogP contribution in [0.4, 0.5) is 19.3 Å². The highest BCUT2D eigenvalue weighted by Gasteiger charge is 2.45. The molecule has 3 rings (SSSR count). The Balaban J connectivity index is 1.56. The summed E-state index contributed by atoms with van der Waals surface area (Å²) in [7, 11) is 0. The highest BCUT2D eigenvalue weighted by molar-refractivity contribution is 5.87. The van der Waals surface area contributed by atoms with Crippen molar-refractivity contribution in [3.05, 3.63) is 65.2 Å². The van der Waals surface area contributed by atoms with Gasteiger partial charge < -0.3 is 16.4 Å². The van der Waals surface area contributed by atoms with Crippen LogP contribution in [0.5, 0.6) is 0 Å². The fourth-order valence-electron chi connectivity index (χ4n) is 2.85. The molecule has 7 heteroatoms. The van der Waals surface area contributed by atoms with Crippen molar-refractivity contribution in [3.8, 4) is 0 Å². The van der Waals surface area contributed by atoms with E-state index in [9.17, 15) is 18.4 Å². The van der Waals surface area contributed by atoms with E-state index < -0.39 is 17.7 Å². The maximum atomic E-state index is 13.8. The number of anilines is 1. The van der Waals surface area contributed by atoms with Crippen LogP contribution in [0, 0.1) is 17.6 Å². The second kappa shape index (κ2) is 6.88. The minimum absolute atomic E-state index is 0.179.